The van der Waals surface area contributed by atoms with Gasteiger partial charge in [-0.2, -0.15) is 15.1 Å². The van der Waals surface area contributed by atoms with E-state index in [4.69, 9.17) is 5.73 Å². The van der Waals surface area contributed by atoms with Crippen LogP contribution in [0.2, 0.25) is 0 Å². The summed E-state index contributed by atoms with van der Waals surface area (Å²) in [5, 5.41) is 4.94. The van der Waals surface area contributed by atoms with Crippen molar-refractivity contribution < 1.29 is 4.39 Å². The summed E-state index contributed by atoms with van der Waals surface area (Å²) in [6, 6.07) is 3.32. The van der Waals surface area contributed by atoms with Gasteiger partial charge in [-0.25, -0.2) is 9.37 Å². The Morgan fingerprint density at radius 3 is 2.76 bits per heavy atom. The molecule has 1 atom stereocenters. The van der Waals surface area contributed by atoms with Gasteiger partial charge in [-0.05, 0) is 19.1 Å². The highest BCUT2D eigenvalue weighted by molar-refractivity contribution is 5.86. The average Bonchev–Trinajstić information content (AvgIpc) is 2.98. The first kappa shape index (κ1) is 15.6. The van der Waals surface area contributed by atoms with E-state index in [1.807, 2.05) is 7.05 Å². The second kappa shape index (κ2) is 5.83. The van der Waals surface area contributed by atoms with E-state index >= 15 is 0 Å². The molecule has 1 unspecified atom stereocenters. The lowest BCUT2D eigenvalue weighted by Crippen LogP contribution is -2.53. The summed E-state index contributed by atoms with van der Waals surface area (Å²) in [4.78, 5) is 17.5. The second-order valence-corrected chi connectivity index (χ2v) is 6.24. The zero-order chi connectivity index (χ0) is 17.6. The van der Waals surface area contributed by atoms with Crippen LogP contribution in [0.4, 0.5) is 22.0 Å². The molecule has 1 fully saturated rings. The molecule has 2 N–H and O–H groups in total. The zero-order valence-corrected chi connectivity index (χ0v) is 14.1. The summed E-state index contributed by atoms with van der Waals surface area (Å²) in [5.41, 5.74) is 6.78. The van der Waals surface area contributed by atoms with E-state index in [-0.39, 0.29) is 11.9 Å². The lowest BCUT2D eigenvalue weighted by molar-refractivity contribution is 0.537. The number of halogens is 1. The van der Waals surface area contributed by atoms with E-state index in [2.05, 4.69) is 36.8 Å². The molecule has 0 bridgehead atoms. The van der Waals surface area contributed by atoms with Gasteiger partial charge in [0.25, 0.3) is 0 Å². The van der Waals surface area contributed by atoms with E-state index in [0.717, 1.165) is 36.5 Å². The van der Waals surface area contributed by atoms with E-state index in [9.17, 15) is 4.39 Å². The third-order valence-electron chi connectivity index (χ3n) is 4.53. The molecule has 0 spiro atoms. The lowest BCUT2D eigenvalue weighted by atomic mass is 10.2. The van der Waals surface area contributed by atoms with Crippen LogP contribution in [0.3, 0.4) is 0 Å². The minimum absolute atomic E-state index is 0.179. The molecule has 4 rings (SSSR count). The maximum absolute atomic E-state index is 13.1. The fraction of sp³-hybridized carbons (Fsp3) is 0.375. The summed E-state index contributed by atoms with van der Waals surface area (Å²) in [6.45, 7) is 4.30. The van der Waals surface area contributed by atoms with Gasteiger partial charge < -0.3 is 15.5 Å². The largest absolute Gasteiger partial charge is 0.383 e. The van der Waals surface area contributed by atoms with Crippen LogP contribution in [0.25, 0.3) is 11.0 Å². The van der Waals surface area contributed by atoms with Gasteiger partial charge in [0.1, 0.15) is 17.5 Å². The van der Waals surface area contributed by atoms with Crippen molar-refractivity contribution in [2.24, 2.45) is 7.05 Å². The molecule has 9 heteroatoms. The Kier molecular flexibility index (Phi) is 3.63. The fourth-order valence-electron chi connectivity index (χ4n) is 3.19. The second-order valence-electron chi connectivity index (χ2n) is 6.24. The van der Waals surface area contributed by atoms with Crippen molar-refractivity contribution in [3.63, 3.8) is 0 Å². The summed E-state index contributed by atoms with van der Waals surface area (Å²) < 4.78 is 14.8. The molecule has 130 valence electrons. The number of hydrogen-bond acceptors (Lipinski definition) is 7. The van der Waals surface area contributed by atoms with Crippen molar-refractivity contribution in [2.75, 3.05) is 35.2 Å². The summed E-state index contributed by atoms with van der Waals surface area (Å²) in [5.74, 6) is 1.48. The average molecular weight is 342 g/mol. The predicted octanol–water partition coefficient (Wildman–Crippen LogP) is 1.19. The SMILES string of the molecule is CC1CN(c2nc(N)c3cnn(C)c3n2)CCN1c1ccc(F)cn1. The third-order valence-corrected chi connectivity index (χ3v) is 4.53. The molecule has 0 amide bonds. The molecule has 1 aliphatic rings. The first-order chi connectivity index (χ1) is 12.0. The highest BCUT2D eigenvalue weighted by Crippen LogP contribution is 2.24. The number of nitrogen functional groups attached to an aromatic ring is 1. The number of piperazine rings is 1. The van der Waals surface area contributed by atoms with E-state index in [1.165, 1.54) is 12.3 Å². The molecule has 0 radical (unpaired) electrons. The van der Waals surface area contributed by atoms with Crippen molar-refractivity contribution in [1.29, 1.82) is 0 Å². The quantitative estimate of drug-likeness (QED) is 0.748. The van der Waals surface area contributed by atoms with Gasteiger partial charge in [0, 0.05) is 32.7 Å². The van der Waals surface area contributed by atoms with Gasteiger partial charge in [0.05, 0.1) is 17.8 Å². The van der Waals surface area contributed by atoms with Crippen LogP contribution in [0.5, 0.6) is 0 Å². The zero-order valence-electron chi connectivity index (χ0n) is 14.1. The van der Waals surface area contributed by atoms with Crippen LogP contribution in [0.15, 0.2) is 24.5 Å². The van der Waals surface area contributed by atoms with Gasteiger partial charge in [-0.1, -0.05) is 0 Å². The monoisotopic (exact) mass is 342 g/mol. The first-order valence-corrected chi connectivity index (χ1v) is 8.11. The Bertz CT molecular complexity index is 906. The summed E-state index contributed by atoms with van der Waals surface area (Å²) in [6.07, 6.45) is 2.92. The molecule has 1 saturated heterocycles. The number of nitrogens with zero attached hydrogens (tertiary/aromatic N) is 7. The smallest absolute Gasteiger partial charge is 0.229 e. The molecule has 0 saturated carbocycles. The van der Waals surface area contributed by atoms with Gasteiger partial charge >= 0.3 is 0 Å². The number of fused-ring (bicyclic) bond motifs is 1. The Morgan fingerprint density at radius 2 is 2.04 bits per heavy atom. The molecular weight excluding hydrogens is 323 g/mol. The van der Waals surface area contributed by atoms with Crippen molar-refractivity contribution in [2.45, 2.75) is 13.0 Å². The van der Waals surface area contributed by atoms with Gasteiger partial charge in [-0.15, -0.1) is 0 Å². The highest BCUT2D eigenvalue weighted by Gasteiger charge is 2.27. The number of aryl methyl sites for hydroxylation is 1. The van der Waals surface area contributed by atoms with E-state index < -0.39 is 0 Å². The Morgan fingerprint density at radius 1 is 1.20 bits per heavy atom. The Hall–Kier alpha value is -2.97. The van der Waals surface area contributed by atoms with Crippen LogP contribution in [-0.2, 0) is 7.05 Å². The van der Waals surface area contributed by atoms with Crippen LogP contribution in [0.1, 0.15) is 6.92 Å². The molecule has 25 heavy (non-hydrogen) atoms. The molecule has 0 aromatic carbocycles. The molecule has 0 aliphatic carbocycles. The van der Waals surface area contributed by atoms with Crippen LogP contribution >= 0.6 is 0 Å². The first-order valence-electron chi connectivity index (χ1n) is 8.11. The van der Waals surface area contributed by atoms with Gasteiger partial charge in [0.2, 0.25) is 5.95 Å². The molecular formula is C16H19FN8. The predicted molar refractivity (Wildman–Crippen MR) is 93.9 cm³/mol. The number of nitrogens with two attached hydrogens (primary N) is 1. The van der Waals surface area contributed by atoms with Crippen LogP contribution < -0.4 is 15.5 Å². The van der Waals surface area contributed by atoms with Crippen molar-refractivity contribution in [1.82, 2.24) is 24.7 Å². The Balaban J connectivity index is 1.58. The van der Waals surface area contributed by atoms with Crippen LogP contribution in [0, 0.1) is 5.82 Å². The van der Waals surface area contributed by atoms with Gasteiger partial charge in [0.15, 0.2) is 5.65 Å². The van der Waals surface area contributed by atoms with E-state index in [0.29, 0.717) is 11.8 Å². The Labute approximate surface area is 144 Å². The summed E-state index contributed by atoms with van der Waals surface area (Å²) in [7, 11) is 1.83. The number of aromatic nitrogens is 5. The standard InChI is InChI=1S/C16H19FN8/c1-10-9-24(5-6-25(10)13-4-3-11(17)7-19-13)16-21-14(18)12-8-20-23(2)15(12)22-16/h3-4,7-8,10H,5-6,9H2,1-2H3,(H2,18,21,22). The van der Waals surface area contributed by atoms with Gasteiger partial charge in [-0.3, -0.25) is 4.68 Å². The minimum Gasteiger partial charge on any atom is -0.383 e. The molecule has 3 aromatic rings. The van der Waals surface area contributed by atoms with Crippen LogP contribution in [-0.4, -0.2) is 50.4 Å². The fourth-order valence-corrected chi connectivity index (χ4v) is 3.19. The molecule has 8 nitrogen and oxygen atoms in total. The molecule has 4 heterocycles. The number of hydrogen-bond donors (Lipinski definition) is 1. The minimum atomic E-state index is -0.330. The van der Waals surface area contributed by atoms with Crippen molar-refractivity contribution in [3.05, 3.63) is 30.3 Å². The molecule has 3 aromatic heterocycles. The lowest BCUT2D eigenvalue weighted by Gasteiger charge is -2.40. The maximum atomic E-state index is 13.1. The van der Waals surface area contributed by atoms with Crippen molar-refractivity contribution >= 4 is 28.6 Å². The molecule has 1 aliphatic heterocycles. The summed E-state index contributed by atoms with van der Waals surface area (Å²) >= 11 is 0. The number of rotatable bonds is 2. The number of pyridine rings is 1. The highest BCUT2D eigenvalue weighted by atomic mass is 19.1. The van der Waals surface area contributed by atoms with E-state index in [1.54, 1.807) is 16.9 Å². The normalized spacial score (nSPS) is 18.1. The van der Waals surface area contributed by atoms with Crippen molar-refractivity contribution in [3.8, 4) is 0 Å². The number of anilines is 3. The third kappa shape index (κ3) is 2.71. The maximum Gasteiger partial charge on any atom is 0.229 e. The topological polar surface area (TPSA) is 89.0 Å².